The van der Waals surface area contributed by atoms with E-state index in [0.29, 0.717) is 5.82 Å². The molecule has 0 N–H and O–H groups in total. The van der Waals surface area contributed by atoms with E-state index in [1.165, 1.54) is 33.3 Å². The molecule has 6 aromatic rings. The molecule has 0 bridgehead atoms. The molecule has 220 valence electrons. The van der Waals surface area contributed by atoms with Gasteiger partial charge in [0.05, 0.1) is 18.7 Å². The third-order valence-electron chi connectivity index (χ3n) is 9.94. The summed E-state index contributed by atoms with van der Waals surface area (Å²) in [6.07, 6.45) is 6.36. The number of fused-ring (bicyclic) bond motifs is 9. The smallest absolute Gasteiger partial charge is 0.212 e. The van der Waals surface area contributed by atoms with Crippen LogP contribution in [-0.4, -0.2) is 36.3 Å². The maximum atomic E-state index is 7.41. The lowest BCUT2D eigenvalue weighted by Crippen LogP contribution is -2.38. The zero-order chi connectivity index (χ0) is 30.2. The maximum absolute atomic E-state index is 7.41. The highest BCUT2D eigenvalue weighted by Gasteiger charge is 2.45. The summed E-state index contributed by atoms with van der Waals surface area (Å²) in [6.45, 7) is 7.93. The zero-order valence-electron chi connectivity index (χ0n) is 25.5. The minimum atomic E-state index is -1.02. The van der Waals surface area contributed by atoms with Crippen LogP contribution in [0.4, 0.5) is 5.69 Å². The molecule has 0 amide bonds. The fourth-order valence-corrected chi connectivity index (χ4v) is 7.70. The van der Waals surface area contributed by atoms with E-state index in [4.69, 9.17) is 19.4 Å². The van der Waals surface area contributed by atoms with Crippen molar-refractivity contribution in [2.75, 3.05) is 31.2 Å². The summed E-state index contributed by atoms with van der Waals surface area (Å²) in [5.41, 5.74) is 8.25. The molecule has 1 saturated heterocycles. The van der Waals surface area contributed by atoms with Gasteiger partial charge in [0.15, 0.2) is 5.82 Å². The maximum Gasteiger partial charge on any atom is 0.212 e. The predicted octanol–water partition coefficient (Wildman–Crippen LogP) is 8.28. The van der Waals surface area contributed by atoms with Gasteiger partial charge in [-0.3, -0.25) is 0 Å². The summed E-state index contributed by atoms with van der Waals surface area (Å²) in [6, 6.07) is 34.3. The number of benzene rings is 5. The summed E-state index contributed by atoms with van der Waals surface area (Å²) in [4.78, 5) is 12.5. The van der Waals surface area contributed by atoms with Crippen LogP contribution in [0.5, 0.6) is 5.75 Å². The minimum Gasteiger partial charge on any atom is -0.469 e. The molecule has 2 aliphatic heterocycles. The third kappa shape index (κ3) is 3.83. The number of hydrogen-bond donors (Lipinski definition) is 0. The lowest BCUT2D eigenvalue weighted by molar-refractivity contribution is 0.122. The largest absolute Gasteiger partial charge is 0.469 e. The molecule has 0 saturated carbocycles. The number of ether oxygens (including phenoxy) is 2. The van der Waals surface area contributed by atoms with Crippen LogP contribution in [0.25, 0.3) is 38.9 Å². The predicted molar refractivity (Wildman–Crippen MR) is 181 cm³/mol. The van der Waals surface area contributed by atoms with Crippen molar-refractivity contribution in [3.05, 3.63) is 137 Å². The van der Waals surface area contributed by atoms with Gasteiger partial charge in [-0.05, 0) is 51.9 Å². The van der Waals surface area contributed by atoms with E-state index in [0.717, 1.165) is 59.5 Å². The van der Waals surface area contributed by atoms with Gasteiger partial charge in [0.25, 0.3) is 0 Å². The van der Waals surface area contributed by atoms with E-state index in [-0.39, 0.29) is 5.41 Å². The number of morpholine rings is 1. The van der Waals surface area contributed by atoms with Crippen LogP contribution < -0.4 is 9.64 Å². The van der Waals surface area contributed by atoms with Gasteiger partial charge in [-0.2, -0.15) is 0 Å². The van der Waals surface area contributed by atoms with Crippen LogP contribution in [0, 0.1) is 0 Å². The lowest BCUT2D eigenvalue weighted by atomic mass is 9.77. The molecule has 9 rings (SSSR count). The second-order valence-electron chi connectivity index (χ2n) is 12.8. The van der Waals surface area contributed by atoms with E-state index in [2.05, 4.69) is 104 Å². The molecule has 1 unspecified atom stereocenters. The van der Waals surface area contributed by atoms with Crippen molar-refractivity contribution in [3.8, 4) is 16.9 Å². The van der Waals surface area contributed by atoms with Crippen LogP contribution >= 0.6 is 0 Å². The Hall–Kier alpha value is -5.00. The van der Waals surface area contributed by atoms with Crippen LogP contribution in [0.2, 0.25) is 0 Å². The molecular weight excluding hydrogens is 554 g/mol. The fourth-order valence-electron chi connectivity index (χ4n) is 7.70. The Morgan fingerprint density at radius 3 is 2.36 bits per heavy atom. The molecule has 1 fully saturated rings. The normalized spacial score (nSPS) is 19.6. The molecule has 1 atom stereocenters. The van der Waals surface area contributed by atoms with Gasteiger partial charge < -0.3 is 14.4 Å². The molecule has 3 aliphatic rings. The Bertz CT molecular complexity index is 2160. The number of hydrogen-bond acceptors (Lipinski definition) is 5. The van der Waals surface area contributed by atoms with Crippen molar-refractivity contribution >= 4 is 33.4 Å². The number of rotatable bonds is 3. The summed E-state index contributed by atoms with van der Waals surface area (Å²) in [7, 11) is 0. The van der Waals surface area contributed by atoms with Crippen LogP contribution in [-0.2, 0) is 15.8 Å². The minimum absolute atomic E-state index is 0.188. The second kappa shape index (κ2) is 9.75. The number of anilines is 1. The summed E-state index contributed by atoms with van der Waals surface area (Å²) in [5.74, 6) is 1.50. The summed E-state index contributed by atoms with van der Waals surface area (Å²) >= 11 is 0. The average molecular weight is 588 g/mol. The average Bonchev–Trinajstić information content (AvgIpc) is 3.35. The molecule has 5 heteroatoms. The standard InChI is InChI=1S/C40H33N3O2/c1-39(2)33-13-7-6-12-31(33)35-29-10-4-5-11-30(29)37-32(36(35)39)19-20-40(45-37,38-41-25-26-9-3-8-14-34(26)42-38)27-15-17-28(18-16-27)43-21-23-44-24-22-43/h3-20,25H,21-24H2,1-2H3. The van der Waals surface area contributed by atoms with Crippen LogP contribution in [0.15, 0.2) is 109 Å². The molecule has 1 aliphatic carbocycles. The SMILES string of the molecule is CC1(C)c2ccccc2-c2c1c1c(c3ccccc23)OC(c2ccc(N3CCOCC3)cc2)(c2ncc3ccccc3n2)C=C1. The molecule has 1 aromatic heterocycles. The van der Waals surface area contributed by atoms with Crippen molar-refractivity contribution in [1.29, 1.82) is 0 Å². The first kappa shape index (κ1) is 26.4. The fraction of sp³-hybridized carbons (Fsp3) is 0.200. The molecular formula is C40H33N3O2. The van der Waals surface area contributed by atoms with Crippen molar-refractivity contribution in [3.63, 3.8) is 0 Å². The Kier molecular flexibility index (Phi) is 5.72. The van der Waals surface area contributed by atoms with Crippen molar-refractivity contribution in [2.24, 2.45) is 0 Å². The van der Waals surface area contributed by atoms with E-state index in [1.54, 1.807) is 0 Å². The van der Waals surface area contributed by atoms with Gasteiger partial charge in [0, 0.05) is 52.3 Å². The van der Waals surface area contributed by atoms with E-state index >= 15 is 0 Å². The first-order chi connectivity index (χ1) is 22.0. The van der Waals surface area contributed by atoms with Gasteiger partial charge in [-0.1, -0.05) is 98.8 Å². The van der Waals surface area contributed by atoms with Gasteiger partial charge in [0.1, 0.15) is 5.75 Å². The number of aromatic nitrogens is 2. The second-order valence-corrected chi connectivity index (χ2v) is 12.8. The number of nitrogens with zero attached hydrogens (tertiary/aromatic N) is 3. The number of para-hydroxylation sites is 1. The molecule has 5 aromatic carbocycles. The first-order valence-electron chi connectivity index (χ1n) is 15.8. The van der Waals surface area contributed by atoms with Gasteiger partial charge in [-0.25, -0.2) is 9.97 Å². The Morgan fingerprint density at radius 1 is 0.778 bits per heavy atom. The van der Waals surface area contributed by atoms with Gasteiger partial charge in [-0.15, -0.1) is 0 Å². The molecule has 0 spiro atoms. The summed E-state index contributed by atoms with van der Waals surface area (Å²) in [5, 5.41) is 3.30. The molecule has 0 radical (unpaired) electrons. The van der Waals surface area contributed by atoms with Crippen molar-refractivity contribution < 1.29 is 9.47 Å². The molecule has 5 nitrogen and oxygen atoms in total. The first-order valence-corrected chi connectivity index (χ1v) is 15.8. The molecule has 45 heavy (non-hydrogen) atoms. The topological polar surface area (TPSA) is 47.5 Å². The van der Waals surface area contributed by atoms with E-state index in [9.17, 15) is 0 Å². The van der Waals surface area contributed by atoms with Crippen molar-refractivity contribution in [2.45, 2.75) is 24.9 Å². The van der Waals surface area contributed by atoms with Gasteiger partial charge in [0.2, 0.25) is 5.60 Å². The highest BCUT2D eigenvalue weighted by molar-refractivity contribution is 6.08. The Balaban J connectivity index is 1.28. The zero-order valence-corrected chi connectivity index (χ0v) is 25.5. The van der Waals surface area contributed by atoms with Crippen LogP contribution in [0.1, 0.15) is 41.9 Å². The van der Waals surface area contributed by atoms with E-state index < -0.39 is 5.60 Å². The quantitative estimate of drug-likeness (QED) is 0.209. The Labute approximate surface area is 262 Å². The Morgan fingerprint density at radius 2 is 1.51 bits per heavy atom. The van der Waals surface area contributed by atoms with Crippen LogP contribution in [0.3, 0.4) is 0 Å². The van der Waals surface area contributed by atoms with Crippen molar-refractivity contribution in [1.82, 2.24) is 9.97 Å². The molecule has 3 heterocycles. The lowest BCUT2D eigenvalue weighted by Gasteiger charge is -2.37. The van der Waals surface area contributed by atoms with Gasteiger partial charge >= 0.3 is 0 Å². The highest BCUT2D eigenvalue weighted by atomic mass is 16.5. The third-order valence-corrected chi connectivity index (χ3v) is 9.94. The summed E-state index contributed by atoms with van der Waals surface area (Å²) < 4.78 is 13.0. The monoisotopic (exact) mass is 587 g/mol. The highest BCUT2D eigenvalue weighted by Crippen LogP contribution is 2.57. The van der Waals surface area contributed by atoms with E-state index in [1.807, 2.05) is 30.5 Å².